The third-order valence-electron chi connectivity index (χ3n) is 3.71. The number of amides is 1. The van der Waals surface area contributed by atoms with Gasteiger partial charge in [-0.15, -0.1) is 0 Å². The van der Waals surface area contributed by atoms with Gasteiger partial charge in [-0.2, -0.15) is 0 Å². The molecule has 0 spiro atoms. The summed E-state index contributed by atoms with van der Waals surface area (Å²) in [4.78, 5) is 12.0. The Labute approximate surface area is 128 Å². The number of carbonyl (C=O) groups excluding carboxylic acids is 1. The lowest BCUT2D eigenvalue weighted by atomic mass is 10.0. The molecule has 0 bridgehead atoms. The second-order valence-corrected chi connectivity index (χ2v) is 6.09. The lowest BCUT2D eigenvalue weighted by molar-refractivity contribution is -0.123. The van der Waals surface area contributed by atoms with Crippen LogP contribution in [-0.2, 0) is 4.79 Å². The Bertz CT molecular complexity index is 479. The Balaban J connectivity index is 2.15. The molecule has 0 aliphatic carbocycles. The van der Waals surface area contributed by atoms with Crippen LogP contribution in [0.5, 0.6) is 5.75 Å². The van der Waals surface area contributed by atoms with Crippen LogP contribution in [0.2, 0.25) is 0 Å². The van der Waals surface area contributed by atoms with Gasteiger partial charge in [0.15, 0.2) is 0 Å². The van der Waals surface area contributed by atoms with E-state index in [0.29, 0.717) is 0 Å². The second-order valence-electron chi connectivity index (χ2n) is 5.17. The molecule has 110 valence electrons. The average Bonchev–Trinajstić information content (AvgIpc) is 2.64. The molecule has 1 fully saturated rings. The van der Waals surface area contributed by atoms with Gasteiger partial charge in [-0.3, -0.25) is 10.1 Å². The summed E-state index contributed by atoms with van der Waals surface area (Å²) < 4.78 is 0.927. The smallest absolute Gasteiger partial charge is 0.237 e. The van der Waals surface area contributed by atoms with Crippen molar-refractivity contribution in [1.29, 1.82) is 0 Å². The van der Waals surface area contributed by atoms with Crippen molar-refractivity contribution < 1.29 is 9.90 Å². The fraction of sp³-hybridized carbons (Fsp3) is 0.533. The van der Waals surface area contributed by atoms with Gasteiger partial charge in [0, 0.05) is 22.6 Å². The van der Waals surface area contributed by atoms with Crippen molar-refractivity contribution in [2.75, 3.05) is 6.54 Å². The van der Waals surface area contributed by atoms with Crippen LogP contribution in [0.3, 0.4) is 0 Å². The van der Waals surface area contributed by atoms with Gasteiger partial charge < -0.3 is 10.4 Å². The molecule has 0 radical (unpaired) electrons. The Morgan fingerprint density at radius 3 is 3.05 bits per heavy atom. The molecule has 1 aromatic carbocycles. The van der Waals surface area contributed by atoms with Crippen LogP contribution in [-0.4, -0.2) is 23.6 Å². The van der Waals surface area contributed by atoms with Crippen LogP contribution >= 0.6 is 15.9 Å². The van der Waals surface area contributed by atoms with Crippen LogP contribution in [0.25, 0.3) is 0 Å². The monoisotopic (exact) mass is 340 g/mol. The molecule has 1 aliphatic rings. The Hall–Kier alpha value is -1.07. The van der Waals surface area contributed by atoms with Crippen LogP contribution < -0.4 is 10.6 Å². The molecular weight excluding hydrogens is 320 g/mol. The number of rotatable bonds is 4. The first-order chi connectivity index (χ1) is 9.61. The number of halogens is 1. The molecule has 2 atom stereocenters. The highest BCUT2D eigenvalue weighted by atomic mass is 79.9. The maximum atomic E-state index is 12.0. The zero-order valence-corrected chi connectivity index (χ0v) is 13.2. The molecule has 0 saturated carbocycles. The van der Waals surface area contributed by atoms with Crippen molar-refractivity contribution >= 4 is 21.8 Å². The molecule has 1 aromatic rings. The third-order valence-corrected chi connectivity index (χ3v) is 4.20. The van der Waals surface area contributed by atoms with Crippen molar-refractivity contribution in [2.24, 2.45) is 0 Å². The van der Waals surface area contributed by atoms with Crippen LogP contribution in [0.1, 0.15) is 44.2 Å². The predicted octanol–water partition coefficient (Wildman–Crippen LogP) is 2.86. The molecule has 1 aliphatic heterocycles. The maximum Gasteiger partial charge on any atom is 0.237 e. The van der Waals surface area contributed by atoms with Gasteiger partial charge in [-0.1, -0.05) is 22.9 Å². The topological polar surface area (TPSA) is 61.4 Å². The van der Waals surface area contributed by atoms with Gasteiger partial charge in [0.1, 0.15) is 5.75 Å². The highest BCUT2D eigenvalue weighted by Gasteiger charge is 2.24. The molecule has 3 N–H and O–H groups in total. The lowest BCUT2D eigenvalue weighted by Gasteiger charge is -2.24. The third kappa shape index (κ3) is 3.73. The summed E-state index contributed by atoms with van der Waals surface area (Å²) in [7, 11) is 0. The van der Waals surface area contributed by atoms with Gasteiger partial charge in [0.2, 0.25) is 5.91 Å². The zero-order valence-electron chi connectivity index (χ0n) is 11.7. The highest BCUT2D eigenvalue weighted by Crippen LogP contribution is 2.30. The van der Waals surface area contributed by atoms with Gasteiger partial charge in [-0.05, 0) is 43.9 Å². The molecule has 4 nitrogen and oxygen atoms in total. The van der Waals surface area contributed by atoms with E-state index in [2.05, 4.69) is 26.6 Å². The van der Waals surface area contributed by atoms with E-state index in [1.807, 2.05) is 19.1 Å². The summed E-state index contributed by atoms with van der Waals surface area (Å²) in [6.07, 6.45) is 3.73. The first-order valence-corrected chi connectivity index (χ1v) is 7.93. The van der Waals surface area contributed by atoms with E-state index in [1.165, 1.54) is 0 Å². The van der Waals surface area contributed by atoms with E-state index in [1.54, 1.807) is 6.07 Å². The SMILES string of the molecule is CCC(NC1CCCCNC1=O)c1cc(Br)ccc1O. The summed E-state index contributed by atoms with van der Waals surface area (Å²) in [5.41, 5.74) is 0.832. The Kier molecular flexibility index (Phi) is 5.43. The Morgan fingerprint density at radius 2 is 2.30 bits per heavy atom. The van der Waals surface area contributed by atoms with Crippen LogP contribution in [0.4, 0.5) is 0 Å². The van der Waals surface area contributed by atoms with E-state index >= 15 is 0 Å². The number of nitrogens with one attached hydrogen (secondary N) is 2. The van der Waals surface area contributed by atoms with E-state index in [0.717, 1.165) is 42.3 Å². The van der Waals surface area contributed by atoms with Gasteiger partial charge in [-0.25, -0.2) is 0 Å². The molecule has 1 heterocycles. The van der Waals surface area contributed by atoms with Crippen molar-refractivity contribution in [3.8, 4) is 5.75 Å². The maximum absolute atomic E-state index is 12.0. The number of hydrogen-bond acceptors (Lipinski definition) is 3. The predicted molar refractivity (Wildman–Crippen MR) is 82.6 cm³/mol. The van der Waals surface area contributed by atoms with Crippen molar-refractivity contribution in [3.63, 3.8) is 0 Å². The summed E-state index contributed by atoms with van der Waals surface area (Å²) in [6.45, 7) is 2.81. The molecular formula is C15H21BrN2O2. The number of phenolic OH excluding ortho intramolecular Hbond substituents is 1. The molecule has 2 rings (SSSR count). The summed E-state index contributed by atoms with van der Waals surface area (Å²) in [5, 5.41) is 16.3. The fourth-order valence-corrected chi connectivity index (χ4v) is 2.95. The van der Waals surface area contributed by atoms with Gasteiger partial charge in [0.05, 0.1) is 6.04 Å². The van der Waals surface area contributed by atoms with Crippen molar-refractivity contribution in [3.05, 3.63) is 28.2 Å². The van der Waals surface area contributed by atoms with Gasteiger partial charge >= 0.3 is 0 Å². The number of benzene rings is 1. The minimum Gasteiger partial charge on any atom is -0.508 e. The van der Waals surface area contributed by atoms with E-state index < -0.39 is 0 Å². The van der Waals surface area contributed by atoms with Gasteiger partial charge in [0.25, 0.3) is 0 Å². The van der Waals surface area contributed by atoms with Crippen LogP contribution in [0, 0.1) is 0 Å². The van der Waals surface area contributed by atoms with Crippen LogP contribution in [0.15, 0.2) is 22.7 Å². The summed E-state index contributed by atoms with van der Waals surface area (Å²) in [5.74, 6) is 0.331. The minimum atomic E-state index is -0.180. The lowest BCUT2D eigenvalue weighted by Crippen LogP contribution is -2.44. The molecule has 0 aromatic heterocycles. The van der Waals surface area contributed by atoms with Crippen molar-refractivity contribution in [1.82, 2.24) is 10.6 Å². The summed E-state index contributed by atoms with van der Waals surface area (Å²) >= 11 is 3.43. The minimum absolute atomic E-state index is 0.0265. The first-order valence-electron chi connectivity index (χ1n) is 7.14. The molecule has 1 saturated heterocycles. The van der Waals surface area contributed by atoms with E-state index in [4.69, 9.17) is 0 Å². The molecule has 1 amide bonds. The summed E-state index contributed by atoms with van der Waals surface area (Å²) in [6, 6.07) is 5.19. The zero-order chi connectivity index (χ0) is 14.5. The highest BCUT2D eigenvalue weighted by molar-refractivity contribution is 9.10. The number of phenols is 1. The average molecular weight is 341 g/mol. The first kappa shape index (κ1) is 15.3. The molecule has 20 heavy (non-hydrogen) atoms. The van der Waals surface area contributed by atoms with E-state index in [-0.39, 0.29) is 23.7 Å². The fourth-order valence-electron chi connectivity index (χ4n) is 2.57. The van der Waals surface area contributed by atoms with E-state index in [9.17, 15) is 9.90 Å². The number of carbonyl (C=O) groups is 1. The number of hydrogen-bond donors (Lipinski definition) is 3. The second kappa shape index (κ2) is 7.09. The number of aromatic hydroxyl groups is 1. The normalized spacial score (nSPS) is 21.1. The molecule has 2 unspecified atom stereocenters. The standard InChI is InChI=1S/C15H21BrN2O2/c1-2-12(11-9-10(16)6-7-14(11)19)18-13-5-3-4-8-17-15(13)20/h6-7,9,12-13,18-19H,2-5,8H2,1H3,(H,17,20). The largest absolute Gasteiger partial charge is 0.508 e. The Morgan fingerprint density at radius 1 is 1.50 bits per heavy atom. The van der Waals surface area contributed by atoms with Crippen molar-refractivity contribution in [2.45, 2.75) is 44.7 Å². The quantitative estimate of drug-likeness (QED) is 0.789. The molecule has 5 heteroatoms.